The molecule has 0 bridgehead atoms. The SMILES string of the molecule is CC(C)(CO)N(CCO)Cc1ccccc1. The van der Waals surface area contributed by atoms with Crippen molar-refractivity contribution in [2.45, 2.75) is 25.9 Å². The second-order valence-electron chi connectivity index (χ2n) is 4.60. The number of aliphatic hydroxyl groups is 2. The third kappa shape index (κ3) is 3.59. The van der Waals surface area contributed by atoms with Gasteiger partial charge in [0.1, 0.15) is 0 Å². The molecule has 0 aliphatic rings. The summed E-state index contributed by atoms with van der Waals surface area (Å²) in [6.45, 7) is 5.46. The Kier molecular flexibility index (Phi) is 4.93. The molecule has 3 nitrogen and oxygen atoms in total. The Bertz CT molecular complexity index is 298. The first-order chi connectivity index (χ1) is 7.60. The molecule has 0 spiro atoms. The molecule has 0 unspecified atom stereocenters. The van der Waals surface area contributed by atoms with Gasteiger partial charge in [-0.25, -0.2) is 0 Å². The van der Waals surface area contributed by atoms with E-state index in [1.54, 1.807) is 0 Å². The quantitative estimate of drug-likeness (QED) is 0.763. The number of aliphatic hydroxyl groups excluding tert-OH is 2. The van der Waals surface area contributed by atoms with E-state index in [0.717, 1.165) is 6.54 Å². The highest BCUT2D eigenvalue weighted by Crippen LogP contribution is 2.16. The van der Waals surface area contributed by atoms with Crippen LogP contribution in [-0.4, -0.2) is 40.4 Å². The van der Waals surface area contributed by atoms with Crippen molar-refractivity contribution in [2.24, 2.45) is 0 Å². The van der Waals surface area contributed by atoms with E-state index in [-0.39, 0.29) is 18.8 Å². The van der Waals surface area contributed by atoms with Crippen LogP contribution in [0.15, 0.2) is 30.3 Å². The van der Waals surface area contributed by atoms with E-state index in [9.17, 15) is 5.11 Å². The fraction of sp³-hybridized carbons (Fsp3) is 0.538. The van der Waals surface area contributed by atoms with Crippen LogP contribution in [0.25, 0.3) is 0 Å². The molecule has 90 valence electrons. The van der Waals surface area contributed by atoms with Gasteiger partial charge in [0.05, 0.1) is 13.2 Å². The minimum Gasteiger partial charge on any atom is -0.395 e. The maximum absolute atomic E-state index is 9.35. The first-order valence-electron chi connectivity index (χ1n) is 5.61. The summed E-state index contributed by atoms with van der Waals surface area (Å²) < 4.78 is 0. The van der Waals surface area contributed by atoms with Gasteiger partial charge in [-0.05, 0) is 19.4 Å². The summed E-state index contributed by atoms with van der Waals surface area (Å²) in [6, 6.07) is 10.1. The summed E-state index contributed by atoms with van der Waals surface area (Å²) in [7, 11) is 0. The molecule has 0 saturated heterocycles. The molecular weight excluding hydrogens is 202 g/mol. The molecule has 1 aromatic rings. The summed E-state index contributed by atoms with van der Waals surface area (Å²) in [4.78, 5) is 2.09. The predicted octanol–water partition coefficient (Wildman–Crippen LogP) is 1.25. The largest absolute Gasteiger partial charge is 0.395 e. The van der Waals surface area contributed by atoms with Gasteiger partial charge in [-0.2, -0.15) is 0 Å². The molecule has 0 aromatic heterocycles. The van der Waals surface area contributed by atoms with Crippen molar-refractivity contribution in [2.75, 3.05) is 19.8 Å². The predicted molar refractivity (Wildman–Crippen MR) is 65.1 cm³/mol. The molecule has 0 radical (unpaired) electrons. The lowest BCUT2D eigenvalue weighted by molar-refractivity contribution is 0.0372. The number of β-amino-alcohol motifs (C(OH)–C–C–N with tert-alkyl or cyclic N) is 1. The molecule has 0 atom stereocenters. The third-order valence-electron chi connectivity index (χ3n) is 2.83. The fourth-order valence-electron chi connectivity index (χ4n) is 1.62. The van der Waals surface area contributed by atoms with Crippen molar-refractivity contribution in [1.29, 1.82) is 0 Å². The molecule has 0 saturated carbocycles. The highest BCUT2D eigenvalue weighted by molar-refractivity contribution is 5.14. The zero-order valence-corrected chi connectivity index (χ0v) is 10.1. The molecule has 16 heavy (non-hydrogen) atoms. The molecule has 3 heteroatoms. The van der Waals surface area contributed by atoms with E-state index in [1.165, 1.54) is 5.56 Å². The molecule has 0 fully saturated rings. The first kappa shape index (κ1) is 13.2. The lowest BCUT2D eigenvalue weighted by atomic mass is 10.0. The van der Waals surface area contributed by atoms with Gasteiger partial charge in [0.25, 0.3) is 0 Å². The van der Waals surface area contributed by atoms with Crippen molar-refractivity contribution in [3.63, 3.8) is 0 Å². The van der Waals surface area contributed by atoms with Crippen molar-refractivity contribution >= 4 is 0 Å². The van der Waals surface area contributed by atoms with Crippen LogP contribution in [0.5, 0.6) is 0 Å². The smallest absolute Gasteiger partial charge is 0.0610 e. The third-order valence-corrected chi connectivity index (χ3v) is 2.83. The number of hydrogen-bond acceptors (Lipinski definition) is 3. The van der Waals surface area contributed by atoms with Gasteiger partial charge >= 0.3 is 0 Å². The van der Waals surface area contributed by atoms with E-state index >= 15 is 0 Å². The Labute approximate surface area is 97.3 Å². The summed E-state index contributed by atoms with van der Waals surface area (Å²) in [5, 5.41) is 18.4. The highest BCUT2D eigenvalue weighted by atomic mass is 16.3. The Morgan fingerprint density at radius 3 is 2.25 bits per heavy atom. The van der Waals surface area contributed by atoms with Gasteiger partial charge in [0.2, 0.25) is 0 Å². The van der Waals surface area contributed by atoms with Gasteiger partial charge in [-0.1, -0.05) is 30.3 Å². The van der Waals surface area contributed by atoms with E-state index in [0.29, 0.717) is 6.54 Å². The average molecular weight is 223 g/mol. The van der Waals surface area contributed by atoms with Crippen LogP contribution in [-0.2, 0) is 6.54 Å². The summed E-state index contributed by atoms with van der Waals surface area (Å²) >= 11 is 0. The Hall–Kier alpha value is -0.900. The second-order valence-corrected chi connectivity index (χ2v) is 4.60. The summed E-state index contributed by atoms with van der Waals surface area (Å²) in [5.41, 5.74) is 0.885. The van der Waals surface area contributed by atoms with Crippen LogP contribution >= 0.6 is 0 Å². The Morgan fingerprint density at radius 1 is 1.12 bits per heavy atom. The van der Waals surface area contributed by atoms with Crippen molar-refractivity contribution < 1.29 is 10.2 Å². The molecule has 0 aliphatic carbocycles. The molecule has 0 amide bonds. The molecular formula is C13H21NO2. The molecule has 2 N–H and O–H groups in total. The average Bonchev–Trinajstić information content (AvgIpc) is 2.30. The highest BCUT2D eigenvalue weighted by Gasteiger charge is 2.25. The lowest BCUT2D eigenvalue weighted by Crippen LogP contribution is -2.47. The van der Waals surface area contributed by atoms with Crippen LogP contribution in [0.2, 0.25) is 0 Å². The summed E-state index contributed by atoms with van der Waals surface area (Å²) in [6.07, 6.45) is 0. The van der Waals surface area contributed by atoms with E-state index in [4.69, 9.17) is 5.11 Å². The molecule has 0 aliphatic heterocycles. The van der Waals surface area contributed by atoms with Crippen molar-refractivity contribution in [1.82, 2.24) is 4.90 Å². The molecule has 1 aromatic carbocycles. The number of nitrogens with zero attached hydrogens (tertiary/aromatic N) is 1. The maximum atomic E-state index is 9.35. The van der Waals surface area contributed by atoms with Crippen LogP contribution < -0.4 is 0 Å². The van der Waals surface area contributed by atoms with Crippen LogP contribution in [0, 0.1) is 0 Å². The first-order valence-corrected chi connectivity index (χ1v) is 5.61. The van der Waals surface area contributed by atoms with Gasteiger partial charge in [-0.15, -0.1) is 0 Å². The van der Waals surface area contributed by atoms with E-state index < -0.39 is 0 Å². The number of benzene rings is 1. The second kappa shape index (κ2) is 5.99. The van der Waals surface area contributed by atoms with Crippen LogP contribution in [0.1, 0.15) is 19.4 Å². The monoisotopic (exact) mass is 223 g/mol. The van der Waals surface area contributed by atoms with Gasteiger partial charge < -0.3 is 10.2 Å². The van der Waals surface area contributed by atoms with Gasteiger partial charge in [0, 0.05) is 18.6 Å². The molecule has 0 heterocycles. The van der Waals surface area contributed by atoms with Crippen molar-refractivity contribution in [3.05, 3.63) is 35.9 Å². The van der Waals surface area contributed by atoms with E-state index in [2.05, 4.69) is 17.0 Å². The van der Waals surface area contributed by atoms with Gasteiger partial charge in [-0.3, -0.25) is 4.90 Å². The zero-order chi connectivity index (χ0) is 12.0. The van der Waals surface area contributed by atoms with Gasteiger partial charge in [0.15, 0.2) is 0 Å². The summed E-state index contributed by atoms with van der Waals surface area (Å²) in [5.74, 6) is 0. The minimum atomic E-state index is -0.307. The number of hydrogen-bond donors (Lipinski definition) is 2. The zero-order valence-electron chi connectivity index (χ0n) is 10.1. The normalized spacial score (nSPS) is 12.1. The minimum absolute atomic E-state index is 0.0832. The molecule has 1 rings (SSSR count). The Morgan fingerprint density at radius 2 is 1.75 bits per heavy atom. The maximum Gasteiger partial charge on any atom is 0.0610 e. The van der Waals surface area contributed by atoms with Crippen LogP contribution in [0.3, 0.4) is 0 Å². The van der Waals surface area contributed by atoms with Crippen LogP contribution in [0.4, 0.5) is 0 Å². The Balaban J connectivity index is 2.72. The fourth-order valence-corrected chi connectivity index (χ4v) is 1.62. The lowest BCUT2D eigenvalue weighted by Gasteiger charge is -2.36. The standard InChI is InChI=1S/C13H21NO2/c1-13(2,11-16)14(8-9-15)10-12-6-4-3-5-7-12/h3-7,15-16H,8-11H2,1-2H3. The van der Waals surface area contributed by atoms with E-state index in [1.807, 2.05) is 32.0 Å². The topological polar surface area (TPSA) is 43.7 Å². The number of rotatable bonds is 6. The van der Waals surface area contributed by atoms with Crippen molar-refractivity contribution in [3.8, 4) is 0 Å².